The van der Waals surface area contributed by atoms with E-state index in [9.17, 15) is 10.1 Å². The molecule has 0 aliphatic carbocycles. The van der Waals surface area contributed by atoms with E-state index in [2.05, 4.69) is 21.3 Å². The number of nitriles is 1. The predicted molar refractivity (Wildman–Crippen MR) is 128 cm³/mol. The Morgan fingerprint density at radius 2 is 1.91 bits per heavy atom. The number of nitrogens with zero attached hydrogens (tertiary/aromatic N) is 5. The Labute approximate surface area is 200 Å². The zero-order valence-corrected chi connectivity index (χ0v) is 19.8. The number of para-hydroxylation sites is 2. The van der Waals surface area contributed by atoms with Crippen LogP contribution in [0.2, 0.25) is 0 Å². The van der Waals surface area contributed by atoms with E-state index in [-0.39, 0.29) is 18.1 Å². The van der Waals surface area contributed by atoms with Crippen molar-refractivity contribution in [3.63, 3.8) is 0 Å². The first-order valence-electron chi connectivity index (χ1n) is 10.2. The van der Waals surface area contributed by atoms with Crippen molar-refractivity contribution >= 4 is 28.9 Å². The van der Waals surface area contributed by atoms with Gasteiger partial charge >= 0.3 is 0 Å². The number of carbonyl (C=O) groups is 1. The second-order valence-electron chi connectivity index (χ2n) is 7.27. The van der Waals surface area contributed by atoms with E-state index in [0.29, 0.717) is 16.0 Å². The molecule has 2 aromatic carbocycles. The van der Waals surface area contributed by atoms with Crippen LogP contribution in [0.25, 0.3) is 5.69 Å². The fourth-order valence-electron chi connectivity index (χ4n) is 3.17. The summed E-state index contributed by atoms with van der Waals surface area (Å²) in [6.07, 6.45) is 0. The second kappa shape index (κ2) is 10.4. The smallest absolute Gasteiger partial charge is 0.196 e. The van der Waals surface area contributed by atoms with Gasteiger partial charge in [0.05, 0.1) is 11.8 Å². The van der Waals surface area contributed by atoms with Crippen molar-refractivity contribution < 1.29 is 9.53 Å². The van der Waals surface area contributed by atoms with E-state index in [1.54, 1.807) is 0 Å². The van der Waals surface area contributed by atoms with E-state index in [1.807, 2.05) is 78.4 Å². The van der Waals surface area contributed by atoms with Gasteiger partial charge in [-0.25, -0.2) is 4.98 Å². The van der Waals surface area contributed by atoms with Crippen molar-refractivity contribution in [3.05, 3.63) is 82.1 Å². The highest BCUT2D eigenvalue weighted by molar-refractivity contribution is 7.99. The minimum absolute atomic E-state index is 0.0838. The highest BCUT2D eigenvalue weighted by atomic mass is 32.2. The van der Waals surface area contributed by atoms with Gasteiger partial charge in [0.15, 0.2) is 22.7 Å². The van der Waals surface area contributed by atoms with Crippen molar-refractivity contribution in [2.75, 3.05) is 5.75 Å². The molecule has 2 heterocycles. The van der Waals surface area contributed by atoms with Crippen molar-refractivity contribution in [3.8, 4) is 17.5 Å². The normalized spacial score (nSPS) is 11.7. The zero-order valence-electron chi connectivity index (χ0n) is 18.1. The molecule has 0 aliphatic rings. The Morgan fingerprint density at radius 1 is 1.15 bits per heavy atom. The van der Waals surface area contributed by atoms with Crippen LogP contribution in [0.1, 0.15) is 28.0 Å². The third-order valence-electron chi connectivity index (χ3n) is 4.84. The molecule has 0 amide bonds. The minimum atomic E-state index is -0.881. The number of Topliss-reactive ketones (excluding diaryl/α,β-unsaturated/α-hetero) is 1. The third kappa shape index (κ3) is 5.30. The molecule has 9 heteroatoms. The quantitative estimate of drug-likeness (QED) is 0.318. The molecule has 1 atom stereocenters. The molecule has 0 radical (unpaired) electrons. The Bertz CT molecular complexity index is 1290. The molecule has 166 valence electrons. The summed E-state index contributed by atoms with van der Waals surface area (Å²) >= 11 is 2.58. The van der Waals surface area contributed by atoms with Gasteiger partial charge < -0.3 is 4.74 Å². The fourth-order valence-corrected chi connectivity index (χ4v) is 4.91. The van der Waals surface area contributed by atoms with Gasteiger partial charge in [-0.1, -0.05) is 48.2 Å². The number of hydrogen-bond acceptors (Lipinski definition) is 8. The number of aromatic nitrogens is 4. The summed E-state index contributed by atoms with van der Waals surface area (Å²) in [4.78, 5) is 17.1. The van der Waals surface area contributed by atoms with Gasteiger partial charge in [-0.3, -0.25) is 9.36 Å². The first-order valence-corrected chi connectivity index (χ1v) is 12.1. The molecule has 1 unspecified atom stereocenters. The molecule has 4 rings (SSSR count). The average Bonchev–Trinajstić information content (AvgIpc) is 3.44. The second-order valence-corrected chi connectivity index (χ2v) is 9.10. The van der Waals surface area contributed by atoms with Gasteiger partial charge in [0.1, 0.15) is 17.4 Å². The van der Waals surface area contributed by atoms with Crippen LogP contribution >= 0.6 is 23.1 Å². The van der Waals surface area contributed by atoms with Crippen molar-refractivity contribution in [2.45, 2.75) is 31.5 Å². The molecule has 0 N–H and O–H groups in total. The van der Waals surface area contributed by atoms with Crippen LogP contribution in [0.5, 0.6) is 5.75 Å². The number of benzene rings is 2. The Balaban J connectivity index is 1.55. The zero-order chi connectivity index (χ0) is 23.2. The molecule has 33 heavy (non-hydrogen) atoms. The van der Waals surface area contributed by atoms with Crippen LogP contribution in [-0.2, 0) is 11.4 Å². The van der Waals surface area contributed by atoms with Crippen LogP contribution in [0.4, 0.5) is 0 Å². The molecule has 7 nitrogen and oxygen atoms in total. The number of aryl methyl sites for hydroxylation is 2. The summed E-state index contributed by atoms with van der Waals surface area (Å²) < 4.78 is 7.87. The van der Waals surface area contributed by atoms with Crippen LogP contribution in [0, 0.1) is 25.2 Å². The maximum Gasteiger partial charge on any atom is 0.196 e. The maximum absolute atomic E-state index is 12.8. The van der Waals surface area contributed by atoms with Gasteiger partial charge in [0, 0.05) is 16.8 Å². The topological polar surface area (TPSA) is 93.7 Å². The lowest BCUT2D eigenvalue weighted by molar-refractivity contribution is -0.116. The summed E-state index contributed by atoms with van der Waals surface area (Å²) in [6, 6.07) is 19.5. The lowest BCUT2D eigenvalue weighted by Gasteiger charge is -2.12. The Morgan fingerprint density at radius 3 is 2.61 bits per heavy atom. The molecule has 0 saturated carbocycles. The van der Waals surface area contributed by atoms with E-state index in [4.69, 9.17) is 4.74 Å². The summed E-state index contributed by atoms with van der Waals surface area (Å²) in [5.74, 6) is 0.387. The molecule has 0 bridgehead atoms. The molecule has 4 aromatic rings. The lowest BCUT2D eigenvalue weighted by Crippen LogP contribution is -2.14. The predicted octanol–water partition coefficient (Wildman–Crippen LogP) is 4.89. The van der Waals surface area contributed by atoms with Gasteiger partial charge in [-0.2, -0.15) is 5.26 Å². The summed E-state index contributed by atoms with van der Waals surface area (Å²) in [5.41, 5.74) is 2.70. The van der Waals surface area contributed by atoms with Crippen LogP contribution in [0.3, 0.4) is 0 Å². The average molecular weight is 476 g/mol. The Kier molecular flexibility index (Phi) is 7.17. The van der Waals surface area contributed by atoms with Crippen molar-refractivity contribution in [1.29, 1.82) is 5.26 Å². The van der Waals surface area contributed by atoms with Gasteiger partial charge in [0.2, 0.25) is 0 Å². The van der Waals surface area contributed by atoms with Gasteiger partial charge in [-0.05, 0) is 37.6 Å². The SMILES string of the molecule is Cc1csc(C(C#N)C(=O)CSc2nnc(COc3ccccc3C)n2-c2ccccc2)n1. The molecule has 2 aromatic heterocycles. The maximum atomic E-state index is 12.8. The van der Waals surface area contributed by atoms with E-state index < -0.39 is 5.92 Å². The summed E-state index contributed by atoms with van der Waals surface area (Å²) in [6.45, 7) is 4.05. The third-order valence-corrected chi connectivity index (χ3v) is 6.82. The standard InChI is InChI=1S/C24H21N5O2S2/c1-16-8-6-7-11-21(16)31-13-22-27-28-24(29(22)18-9-4-3-5-10-18)33-15-20(30)19(12-25)23-26-17(2)14-32-23/h3-11,14,19H,13,15H2,1-2H3. The summed E-state index contributed by atoms with van der Waals surface area (Å²) in [7, 11) is 0. The number of thiazole rings is 1. The molecular formula is C24H21N5O2S2. The van der Waals surface area contributed by atoms with Crippen molar-refractivity contribution in [1.82, 2.24) is 19.7 Å². The number of carbonyl (C=O) groups excluding carboxylic acids is 1. The van der Waals surface area contributed by atoms with E-state index in [1.165, 1.54) is 23.1 Å². The monoisotopic (exact) mass is 475 g/mol. The van der Waals surface area contributed by atoms with Gasteiger partial charge in [-0.15, -0.1) is 21.5 Å². The van der Waals surface area contributed by atoms with Crippen LogP contribution < -0.4 is 4.74 Å². The number of ketones is 1. The lowest BCUT2D eigenvalue weighted by atomic mass is 10.1. The number of ether oxygens (including phenoxy) is 1. The highest BCUT2D eigenvalue weighted by Gasteiger charge is 2.25. The molecule has 0 fully saturated rings. The van der Waals surface area contributed by atoms with E-state index >= 15 is 0 Å². The molecule has 0 spiro atoms. The minimum Gasteiger partial charge on any atom is -0.485 e. The van der Waals surface area contributed by atoms with Crippen LogP contribution in [-0.4, -0.2) is 31.3 Å². The molecular weight excluding hydrogens is 454 g/mol. The van der Waals surface area contributed by atoms with E-state index in [0.717, 1.165) is 22.7 Å². The molecule has 0 saturated heterocycles. The van der Waals surface area contributed by atoms with Gasteiger partial charge in [0.25, 0.3) is 0 Å². The fraction of sp³-hybridized carbons (Fsp3) is 0.208. The van der Waals surface area contributed by atoms with Crippen molar-refractivity contribution in [2.24, 2.45) is 0 Å². The number of thioether (sulfide) groups is 1. The molecule has 0 aliphatic heterocycles. The highest BCUT2D eigenvalue weighted by Crippen LogP contribution is 2.27. The number of rotatable bonds is 9. The first kappa shape index (κ1) is 22.7. The largest absolute Gasteiger partial charge is 0.485 e. The summed E-state index contributed by atoms with van der Waals surface area (Å²) in [5, 5.41) is 21.1. The Hall–Kier alpha value is -3.48. The van der Waals surface area contributed by atoms with Crippen LogP contribution in [0.15, 0.2) is 65.1 Å². The number of hydrogen-bond donors (Lipinski definition) is 0. The first-order chi connectivity index (χ1) is 16.1.